The van der Waals surface area contributed by atoms with Crippen LogP contribution >= 0.6 is 11.5 Å². The highest BCUT2D eigenvalue weighted by atomic mass is 32.1. The summed E-state index contributed by atoms with van der Waals surface area (Å²) in [5.41, 5.74) is 9.99. The summed E-state index contributed by atoms with van der Waals surface area (Å²) in [5, 5.41) is 8.31. The van der Waals surface area contributed by atoms with Crippen LogP contribution in [0.15, 0.2) is 34.9 Å². The fourth-order valence-electron chi connectivity index (χ4n) is 2.23. The molecule has 0 aliphatic rings. The Labute approximate surface area is 126 Å². The molecule has 6 heteroatoms. The first-order valence-corrected chi connectivity index (χ1v) is 7.40. The van der Waals surface area contributed by atoms with Gasteiger partial charge in [0.25, 0.3) is 0 Å². The summed E-state index contributed by atoms with van der Waals surface area (Å²) in [4.78, 5) is 0. The molecule has 2 heterocycles. The molecule has 21 heavy (non-hydrogen) atoms. The van der Waals surface area contributed by atoms with E-state index in [1.807, 2.05) is 44.2 Å². The topological polar surface area (TPSA) is 77.0 Å². The molecule has 1 aromatic carbocycles. The zero-order valence-corrected chi connectivity index (χ0v) is 12.7. The molecule has 0 bridgehead atoms. The summed E-state index contributed by atoms with van der Waals surface area (Å²) in [6.45, 7) is 4.49. The van der Waals surface area contributed by atoms with Gasteiger partial charge in [0, 0.05) is 12.1 Å². The van der Waals surface area contributed by atoms with E-state index in [1.165, 1.54) is 11.5 Å². The van der Waals surface area contributed by atoms with Gasteiger partial charge in [0.2, 0.25) is 0 Å². The molecule has 0 aliphatic carbocycles. The maximum Gasteiger partial charge on any atom is 0.147 e. The van der Waals surface area contributed by atoms with Gasteiger partial charge < -0.3 is 15.6 Å². The molecule has 0 unspecified atom stereocenters. The van der Waals surface area contributed by atoms with Gasteiger partial charge in [0.1, 0.15) is 16.6 Å². The van der Waals surface area contributed by atoms with Gasteiger partial charge in [0.05, 0.1) is 11.3 Å². The summed E-state index contributed by atoms with van der Waals surface area (Å²) >= 11 is 1.37. The van der Waals surface area contributed by atoms with Crippen LogP contribution in [-0.2, 0) is 6.54 Å². The standard InChI is InChI=1S/C15H16N4OS/c1-9-12(10(2)20-18-9)8-17-15-13(14(16)19-21-15)11-6-4-3-5-7-11/h3-7,17H,8H2,1-2H3,(H2,16,19). The first kappa shape index (κ1) is 13.6. The van der Waals surface area contributed by atoms with Crippen LogP contribution < -0.4 is 11.1 Å². The monoisotopic (exact) mass is 300 g/mol. The summed E-state index contributed by atoms with van der Waals surface area (Å²) in [5.74, 6) is 1.38. The summed E-state index contributed by atoms with van der Waals surface area (Å²) in [6.07, 6.45) is 0. The molecule has 3 N–H and O–H groups in total. The van der Waals surface area contributed by atoms with Crippen molar-refractivity contribution in [3.8, 4) is 11.1 Å². The normalized spacial score (nSPS) is 10.8. The van der Waals surface area contributed by atoms with Crippen LogP contribution in [0.25, 0.3) is 11.1 Å². The quantitative estimate of drug-likeness (QED) is 0.769. The van der Waals surface area contributed by atoms with Gasteiger partial charge >= 0.3 is 0 Å². The maximum absolute atomic E-state index is 6.01. The van der Waals surface area contributed by atoms with Crippen molar-refractivity contribution in [1.29, 1.82) is 0 Å². The van der Waals surface area contributed by atoms with Crippen LogP contribution in [-0.4, -0.2) is 9.53 Å². The third-order valence-corrected chi connectivity index (χ3v) is 4.21. The van der Waals surface area contributed by atoms with Crippen molar-refractivity contribution in [2.24, 2.45) is 0 Å². The summed E-state index contributed by atoms with van der Waals surface area (Å²) in [7, 11) is 0. The highest BCUT2D eigenvalue weighted by Gasteiger charge is 2.15. The van der Waals surface area contributed by atoms with E-state index in [0.29, 0.717) is 12.4 Å². The molecule has 3 aromatic rings. The highest BCUT2D eigenvalue weighted by molar-refractivity contribution is 7.11. The average molecular weight is 300 g/mol. The predicted octanol–water partition coefficient (Wildman–Crippen LogP) is 3.61. The maximum atomic E-state index is 6.01. The lowest BCUT2D eigenvalue weighted by atomic mass is 10.1. The molecule has 0 fully saturated rings. The Morgan fingerprint density at radius 1 is 1.24 bits per heavy atom. The van der Waals surface area contributed by atoms with Crippen LogP contribution in [0.2, 0.25) is 0 Å². The number of nitrogens with zero attached hydrogens (tertiary/aromatic N) is 2. The minimum absolute atomic E-state index is 0.549. The number of nitrogen functional groups attached to an aromatic ring is 1. The molecule has 0 aliphatic heterocycles. The third kappa shape index (κ3) is 2.62. The Bertz CT molecular complexity index is 729. The first-order valence-electron chi connectivity index (χ1n) is 6.63. The lowest BCUT2D eigenvalue weighted by Crippen LogP contribution is -2.01. The second kappa shape index (κ2) is 5.57. The fourth-order valence-corrected chi connectivity index (χ4v) is 2.96. The molecule has 0 atom stereocenters. The van der Waals surface area contributed by atoms with Crippen LogP contribution in [0.4, 0.5) is 10.8 Å². The van der Waals surface area contributed by atoms with E-state index in [0.717, 1.165) is 33.1 Å². The van der Waals surface area contributed by atoms with Crippen molar-refractivity contribution in [2.45, 2.75) is 20.4 Å². The number of aryl methyl sites for hydroxylation is 2. The van der Waals surface area contributed by atoms with Gasteiger partial charge in [0.15, 0.2) is 0 Å². The second-order valence-corrected chi connectivity index (χ2v) is 5.57. The average Bonchev–Trinajstić information content (AvgIpc) is 3.01. The number of hydrogen-bond donors (Lipinski definition) is 2. The Morgan fingerprint density at radius 2 is 2.00 bits per heavy atom. The van der Waals surface area contributed by atoms with Crippen molar-refractivity contribution in [3.05, 3.63) is 47.3 Å². The highest BCUT2D eigenvalue weighted by Crippen LogP contribution is 2.36. The molecule has 0 amide bonds. The number of nitrogens with two attached hydrogens (primary N) is 1. The number of benzene rings is 1. The van der Waals surface area contributed by atoms with E-state index in [9.17, 15) is 0 Å². The van der Waals surface area contributed by atoms with Crippen LogP contribution in [0, 0.1) is 13.8 Å². The molecule has 2 aromatic heterocycles. The van der Waals surface area contributed by atoms with E-state index < -0.39 is 0 Å². The largest absolute Gasteiger partial charge is 0.382 e. The Morgan fingerprint density at radius 3 is 2.67 bits per heavy atom. The Kier molecular flexibility index (Phi) is 3.62. The summed E-state index contributed by atoms with van der Waals surface area (Å²) < 4.78 is 9.43. The van der Waals surface area contributed by atoms with Gasteiger partial charge in [-0.3, -0.25) is 0 Å². The van der Waals surface area contributed by atoms with Gasteiger partial charge in [-0.15, -0.1) is 0 Å². The van der Waals surface area contributed by atoms with Gasteiger partial charge in [-0.05, 0) is 30.9 Å². The minimum atomic E-state index is 0.549. The van der Waals surface area contributed by atoms with Gasteiger partial charge in [-0.25, -0.2) is 0 Å². The molecule has 108 valence electrons. The fraction of sp³-hybridized carbons (Fsp3) is 0.200. The van der Waals surface area contributed by atoms with E-state index >= 15 is 0 Å². The van der Waals surface area contributed by atoms with Crippen molar-refractivity contribution in [2.75, 3.05) is 11.1 Å². The molecule has 0 radical (unpaired) electrons. The zero-order chi connectivity index (χ0) is 14.8. The van der Waals surface area contributed by atoms with Crippen LogP contribution in [0.1, 0.15) is 17.0 Å². The van der Waals surface area contributed by atoms with Crippen molar-refractivity contribution in [3.63, 3.8) is 0 Å². The van der Waals surface area contributed by atoms with E-state index in [1.54, 1.807) is 0 Å². The van der Waals surface area contributed by atoms with Gasteiger partial charge in [-0.2, -0.15) is 4.37 Å². The molecule has 0 saturated heterocycles. The van der Waals surface area contributed by atoms with Crippen molar-refractivity contribution >= 4 is 22.4 Å². The number of hydrogen-bond acceptors (Lipinski definition) is 6. The van der Waals surface area contributed by atoms with Crippen LogP contribution in [0.5, 0.6) is 0 Å². The molecule has 0 saturated carbocycles. The van der Waals surface area contributed by atoms with E-state index in [4.69, 9.17) is 10.3 Å². The van der Waals surface area contributed by atoms with Crippen LogP contribution in [0.3, 0.4) is 0 Å². The molecule has 3 rings (SSSR count). The Hall–Kier alpha value is -2.34. The third-order valence-electron chi connectivity index (χ3n) is 3.39. The lowest BCUT2D eigenvalue weighted by molar-refractivity contribution is 0.392. The molecular formula is C15H16N4OS. The molecular weight excluding hydrogens is 284 g/mol. The second-order valence-electron chi connectivity index (χ2n) is 4.79. The molecule has 0 spiro atoms. The number of aromatic nitrogens is 2. The number of rotatable bonds is 4. The smallest absolute Gasteiger partial charge is 0.147 e. The molecule has 5 nitrogen and oxygen atoms in total. The summed E-state index contributed by atoms with van der Waals surface area (Å²) in [6, 6.07) is 10.0. The number of anilines is 2. The van der Waals surface area contributed by atoms with E-state index in [-0.39, 0.29) is 0 Å². The SMILES string of the molecule is Cc1noc(C)c1CNc1snc(N)c1-c1ccccc1. The first-order chi connectivity index (χ1) is 10.2. The van der Waals surface area contributed by atoms with Crippen molar-refractivity contribution < 1.29 is 4.52 Å². The number of nitrogens with one attached hydrogen (secondary N) is 1. The lowest BCUT2D eigenvalue weighted by Gasteiger charge is -2.07. The zero-order valence-electron chi connectivity index (χ0n) is 11.9. The predicted molar refractivity (Wildman–Crippen MR) is 85.3 cm³/mol. The van der Waals surface area contributed by atoms with Crippen molar-refractivity contribution in [1.82, 2.24) is 9.53 Å². The minimum Gasteiger partial charge on any atom is -0.382 e. The van der Waals surface area contributed by atoms with Gasteiger partial charge in [-0.1, -0.05) is 35.5 Å². The Balaban J connectivity index is 1.88. The van der Waals surface area contributed by atoms with E-state index in [2.05, 4.69) is 14.8 Å².